The van der Waals surface area contributed by atoms with Gasteiger partial charge in [-0.15, -0.1) is 0 Å². The lowest BCUT2D eigenvalue weighted by Gasteiger charge is -2.35. The van der Waals surface area contributed by atoms with Crippen LogP contribution in [0.4, 0.5) is 0 Å². The third-order valence-corrected chi connectivity index (χ3v) is 9.44. The average molecular weight is 583 g/mol. The van der Waals surface area contributed by atoms with Crippen molar-refractivity contribution in [3.8, 4) is 0 Å². The lowest BCUT2D eigenvalue weighted by molar-refractivity contribution is -0.143. The molecule has 3 aromatic rings. The van der Waals surface area contributed by atoms with E-state index < -0.39 is 34.0 Å². The molecule has 2 amide bonds. The topological polar surface area (TPSA) is 149 Å². The SMILES string of the molecule is CCC(C)C(NS(=O)(=O)c1ccc(C)cc1)C(=O)N1CCC(C(=O)NC(Cc2c[nH]c3ccccc23)C(=O)O)CC1. The molecule has 2 aromatic carbocycles. The van der Waals surface area contributed by atoms with Crippen molar-refractivity contribution in [2.45, 2.75) is 63.4 Å². The van der Waals surface area contributed by atoms with Crippen LogP contribution in [-0.4, -0.2) is 66.4 Å². The van der Waals surface area contributed by atoms with Crippen molar-refractivity contribution in [2.75, 3.05) is 13.1 Å². The Kier molecular flexibility index (Phi) is 9.49. The molecule has 0 bridgehead atoms. The standard InChI is InChI=1S/C30H38N4O6S/c1-4-20(3)27(33-41(39,40)23-11-9-19(2)10-12-23)29(36)34-15-13-21(14-16-34)28(35)32-26(30(37)38)17-22-18-31-25-8-6-5-7-24(22)25/h5-12,18,20-21,26-27,31,33H,4,13-17H2,1-3H3,(H,32,35)(H,37,38). The summed E-state index contributed by atoms with van der Waals surface area (Å²) < 4.78 is 28.7. The summed E-state index contributed by atoms with van der Waals surface area (Å²) in [4.78, 5) is 43.4. The number of likely N-dealkylation sites (tertiary alicyclic amines) is 1. The number of sulfonamides is 1. The maximum Gasteiger partial charge on any atom is 0.326 e. The van der Waals surface area contributed by atoms with Crippen molar-refractivity contribution in [1.29, 1.82) is 0 Å². The molecule has 0 spiro atoms. The molecule has 10 nitrogen and oxygen atoms in total. The Morgan fingerprint density at radius 3 is 2.37 bits per heavy atom. The van der Waals surface area contributed by atoms with Gasteiger partial charge in [-0.2, -0.15) is 4.72 Å². The summed E-state index contributed by atoms with van der Waals surface area (Å²) in [5, 5.41) is 13.4. The summed E-state index contributed by atoms with van der Waals surface area (Å²) in [7, 11) is -3.92. The highest BCUT2D eigenvalue weighted by molar-refractivity contribution is 7.89. The van der Waals surface area contributed by atoms with Gasteiger partial charge in [-0.25, -0.2) is 13.2 Å². The van der Waals surface area contributed by atoms with Gasteiger partial charge in [0.2, 0.25) is 21.8 Å². The molecule has 3 atom stereocenters. The Balaban J connectivity index is 1.37. The Morgan fingerprint density at radius 1 is 1.07 bits per heavy atom. The van der Waals surface area contributed by atoms with Gasteiger partial charge in [0.1, 0.15) is 12.1 Å². The monoisotopic (exact) mass is 582 g/mol. The minimum Gasteiger partial charge on any atom is -0.480 e. The first kappa shape index (κ1) is 30.3. The molecule has 0 saturated carbocycles. The Bertz CT molecular complexity index is 1490. The van der Waals surface area contributed by atoms with Crippen LogP contribution in [0.25, 0.3) is 10.9 Å². The molecule has 3 unspecified atom stereocenters. The van der Waals surface area contributed by atoms with E-state index in [1.165, 1.54) is 12.1 Å². The molecule has 4 N–H and O–H groups in total. The van der Waals surface area contributed by atoms with Crippen molar-refractivity contribution in [2.24, 2.45) is 11.8 Å². The summed E-state index contributed by atoms with van der Waals surface area (Å²) in [5.41, 5.74) is 2.63. The Morgan fingerprint density at radius 2 is 1.73 bits per heavy atom. The number of piperidine rings is 1. The smallest absolute Gasteiger partial charge is 0.326 e. The number of fused-ring (bicyclic) bond motifs is 1. The van der Waals surface area contributed by atoms with Gasteiger partial charge in [0.15, 0.2) is 0 Å². The van der Waals surface area contributed by atoms with Crippen LogP contribution < -0.4 is 10.0 Å². The number of carbonyl (C=O) groups excluding carboxylic acids is 2. The number of amides is 2. The normalized spacial score (nSPS) is 16.7. The van der Waals surface area contributed by atoms with E-state index in [-0.39, 0.29) is 42.1 Å². The summed E-state index contributed by atoms with van der Waals surface area (Å²) in [6.07, 6.45) is 3.21. The molecule has 41 heavy (non-hydrogen) atoms. The van der Waals surface area contributed by atoms with Crippen molar-refractivity contribution in [3.05, 3.63) is 65.9 Å². The second-order valence-electron chi connectivity index (χ2n) is 10.9. The van der Waals surface area contributed by atoms with Crippen LogP contribution in [0.3, 0.4) is 0 Å². The number of carboxylic acids is 1. The molecule has 1 aliphatic rings. The summed E-state index contributed by atoms with van der Waals surface area (Å²) >= 11 is 0. The van der Waals surface area contributed by atoms with E-state index in [0.717, 1.165) is 22.0 Å². The Hall–Kier alpha value is -3.70. The van der Waals surface area contributed by atoms with Gasteiger partial charge in [-0.3, -0.25) is 9.59 Å². The average Bonchev–Trinajstić information content (AvgIpc) is 3.37. The fourth-order valence-corrected chi connectivity index (χ4v) is 6.46. The van der Waals surface area contributed by atoms with Crippen LogP contribution in [0, 0.1) is 18.8 Å². The predicted molar refractivity (Wildman–Crippen MR) is 156 cm³/mol. The third kappa shape index (κ3) is 7.15. The van der Waals surface area contributed by atoms with E-state index in [1.54, 1.807) is 23.2 Å². The number of para-hydroxylation sites is 1. The zero-order valence-electron chi connectivity index (χ0n) is 23.6. The van der Waals surface area contributed by atoms with Gasteiger partial charge >= 0.3 is 5.97 Å². The van der Waals surface area contributed by atoms with Gasteiger partial charge in [0, 0.05) is 42.5 Å². The molecule has 0 aliphatic carbocycles. The third-order valence-electron chi connectivity index (χ3n) is 7.98. The van der Waals surface area contributed by atoms with E-state index >= 15 is 0 Å². The number of rotatable bonds is 11. The van der Waals surface area contributed by atoms with Crippen molar-refractivity contribution >= 4 is 38.7 Å². The predicted octanol–water partition coefficient (Wildman–Crippen LogP) is 3.22. The number of carbonyl (C=O) groups is 3. The molecule has 0 radical (unpaired) electrons. The van der Waals surface area contributed by atoms with E-state index in [9.17, 15) is 27.9 Å². The largest absolute Gasteiger partial charge is 0.480 e. The van der Waals surface area contributed by atoms with Gasteiger partial charge in [-0.1, -0.05) is 56.2 Å². The molecule has 1 aliphatic heterocycles. The zero-order chi connectivity index (χ0) is 29.7. The van der Waals surface area contributed by atoms with Crippen LogP contribution >= 0.6 is 0 Å². The number of aliphatic carboxylic acids is 1. The second kappa shape index (κ2) is 12.9. The Labute approximate surface area is 240 Å². The number of H-pyrrole nitrogens is 1. The first-order valence-corrected chi connectivity index (χ1v) is 15.4. The fourth-order valence-electron chi connectivity index (χ4n) is 5.17. The van der Waals surface area contributed by atoms with E-state index in [0.29, 0.717) is 19.3 Å². The summed E-state index contributed by atoms with van der Waals surface area (Å²) in [6.45, 7) is 6.15. The quantitative estimate of drug-likeness (QED) is 0.273. The lowest BCUT2D eigenvalue weighted by Crippen LogP contribution is -2.54. The van der Waals surface area contributed by atoms with Crippen LogP contribution in [0.2, 0.25) is 0 Å². The first-order valence-electron chi connectivity index (χ1n) is 14.0. The molecule has 220 valence electrons. The van der Waals surface area contributed by atoms with Crippen molar-refractivity contribution in [3.63, 3.8) is 0 Å². The molecule has 1 fully saturated rings. The zero-order valence-corrected chi connectivity index (χ0v) is 24.4. The highest BCUT2D eigenvalue weighted by Crippen LogP contribution is 2.23. The highest BCUT2D eigenvalue weighted by Gasteiger charge is 2.36. The minimum absolute atomic E-state index is 0.0974. The number of nitrogens with one attached hydrogen (secondary N) is 3. The minimum atomic E-state index is -3.92. The molecule has 1 saturated heterocycles. The van der Waals surface area contributed by atoms with Gasteiger partial charge in [0.05, 0.1) is 4.90 Å². The number of aromatic amines is 1. The second-order valence-corrected chi connectivity index (χ2v) is 12.6. The maximum atomic E-state index is 13.5. The number of hydrogen-bond donors (Lipinski definition) is 4. The van der Waals surface area contributed by atoms with Crippen LogP contribution in [-0.2, 0) is 30.8 Å². The maximum absolute atomic E-state index is 13.5. The van der Waals surface area contributed by atoms with Crippen LogP contribution in [0.15, 0.2) is 59.6 Å². The van der Waals surface area contributed by atoms with Crippen LogP contribution in [0.5, 0.6) is 0 Å². The number of carboxylic acid groups (broad SMARTS) is 1. The number of aromatic nitrogens is 1. The first-order chi connectivity index (χ1) is 19.5. The van der Waals surface area contributed by atoms with E-state index in [4.69, 9.17) is 0 Å². The molecule has 11 heteroatoms. The molecule has 4 rings (SSSR count). The van der Waals surface area contributed by atoms with Gasteiger partial charge in [0.25, 0.3) is 0 Å². The summed E-state index contributed by atoms with van der Waals surface area (Å²) in [6, 6.07) is 12.0. The molecular formula is C30H38N4O6S. The van der Waals surface area contributed by atoms with Crippen molar-refractivity contribution in [1.82, 2.24) is 19.9 Å². The van der Waals surface area contributed by atoms with Gasteiger partial charge < -0.3 is 20.3 Å². The molecular weight excluding hydrogens is 544 g/mol. The van der Waals surface area contributed by atoms with Gasteiger partial charge in [-0.05, 0) is 49.4 Å². The summed E-state index contributed by atoms with van der Waals surface area (Å²) in [5.74, 6) is -2.49. The lowest BCUT2D eigenvalue weighted by atomic mass is 9.93. The van der Waals surface area contributed by atoms with E-state index in [1.807, 2.05) is 45.0 Å². The fraction of sp³-hybridized carbons (Fsp3) is 0.433. The van der Waals surface area contributed by atoms with E-state index in [2.05, 4.69) is 15.0 Å². The molecule has 2 heterocycles. The van der Waals surface area contributed by atoms with Crippen LogP contribution in [0.1, 0.15) is 44.2 Å². The molecule has 1 aromatic heterocycles. The highest BCUT2D eigenvalue weighted by atomic mass is 32.2. The number of hydrogen-bond acceptors (Lipinski definition) is 5. The number of benzene rings is 2. The number of aryl methyl sites for hydroxylation is 1. The number of nitrogens with zero attached hydrogens (tertiary/aromatic N) is 1. The van der Waals surface area contributed by atoms with Crippen molar-refractivity contribution < 1.29 is 27.9 Å².